The van der Waals surface area contributed by atoms with Crippen LogP contribution < -0.4 is 9.80 Å². The third-order valence-corrected chi connectivity index (χ3v) is 24.1. The average Bonchev–Trinajstić information content (AvgIpc) is 1.80. The number of aromatic nitrogens is 12. The second-order valence-electron chi connectivity index (χ2n) is 30.6. The van der Waals surface area contributed by atoms with E-state index < -0.39 is 11.6 Å². The van der Waals surface area contributed by atoms with E-state index in [2.05, 4.69) is 95.7 Å². The van der Waals surface area contributed by atoms with Crippen molar-refractivity contribution in [3.63, 3.8) is 0 Å². The summed E-state index contributed by atoms with van der Waals surface area (Å²) in [5.74, 6) is 4.05. The summed E-state index contributed by atoms with van der Waals surface area (Å²) < 4.78 is 68.3. The first-order valence-corrected chi connectivity index (χ1v) is 40.2. The first kappa shape index (κ1) is 75.1. The molecule has 4 aliphatic rings. The Balaban J connectivity index is 0.000000109. The lowest BCUT2D eigenvalue weighted by atomic mass is 9.73. The maximum Gasteiger partial charge on any atom is 0.161 e. The van der Waals surface area contributed by atoms with Crippen molar-refractivity contribution < 1.29 is 22.0 Å². The summed E-state index contributed by atoms with van der Waals surface area (Å²) in [5.41, 5.74) is 15.2. The van der Waals surface area contributed by atoms with Crippen molar-refractivity contribution in [2.75, 3.05) is 49.1 Å². The summed E-state index contributed by atoms with van der Waals surface area (Å²) in [6.07, 6.45) is 19.9. The van der Waals surface area contributed by atoms with E-state index in [1.54, 1.807) is 48.8 Å². The number of para-hydroxylation sites is 1. The summed E-state index contributed by atoms with van der Waals surface area (Å²) >= 11 is 18.2. The zero-order chi connectivity index (χ0) is 77.2. The SMILES string of the molecule is C[C@@H](c1nc2cc(F)c(F)cc2[nH]1)C1CCC(c2ccnc3ccc(F)cc23)CC1.Clc1ccc2nc(CC3CCN(c4ccnc5ccccc45)CC3)[nH]c2c1.Fc1ccc2nccc(C3CCN(Cc4nc5ccc(Cl)cc5[nH]4)CC3)c2c1.Fc1ccc2nccc(N3CCC(Cc4nc5ccc(Cl)cc5[nH]4)CC3)c2c1. The van der Waals surface area contributed by atoms with Crippen LogP contribution in [0.15, 0.2) is 195 Å². The van der Waals surface area contributed by atoms with Crippen LogP contribution >= 0.6 is 34.8 Å². The molecule has 113 heavy (non-hydrogen) atoms. The Labute approximate surface area is 664 Å². The number of H-pyrrole nitrogens is 4. The number of imidazole rings is 4. The fraction of sp³-hybridized carbons (Fsp3) is 0.289. The lowest BCUT2D eigenvalue weighted by Crippen LogP contribution is -2.34. The van der Waals surface area contributed by atoms with Crippen molar-refractivity contribution in [3.8, 4) is 0 Å². The molecule has 1 atom stereocenters. The molecule has 1 aliphatic carbocycles. The van der Waals surface area contributed by atoms with E-state index in [1.165, 1.54) is 59.3 Å². The first-order chi connectivity index (χ1) is 55.1. The topological polar surface area (TPSA) is 176 Å². The molecule has 0 spiro atoms. The van der Waals surface area contributed by atoms with Gasteiger partial charge in [0.15, 0.2) is 11.6 Å². The zero-order valence-electron chi connectivity index (χ0n) is 62.3. The van der Waals surface area contributed by atoms with Gasteiger partial charge in [0, 0.05) is 130 Å². The van der Waals surface area contributed by atoms with Crippen LogP contribution in [0, 0.1) is 46.8 Å². The molecule has 0 bridgehead atoms. The highest BCUT2D eigenvalue weighted by atomic mass is 35.5. The van der Waals surface area contributed by atoms with Gasteiger partial charge < -0.3 is 29.7 Å². The van der Waals surface area contributed by atoms with Crippen molar-refractivity contribution in [2.45, 2.75) is 108 Å². The molecule has 3 saturated heterocycles. The van der Waals surface area contributed by atoms with Crippen LogP contribution in [-0.4, -0.2) is 104 Å². The lowest BCUT2D eigenvalue weighted by Gasteiger charge is -2.34. The van der Waals surface area contributed by atoms with E-state index in [-0.39, 0.29) is 23.4 Å². The second kappa shape index (κ2) is 33.2. The predicted octanol–water partition coefficient (Wildman–Crippen LogP) is 22.5. The van der Waals surface area contributed by atoms with Crippen molar-refractivity contribution in [1.29, 1.82) is 0 Å². The number of rotatable bonds is 12. The minimum atomic E-state index is -0.880. The molecule has 16 aromatic rings. The summed E-state index contributed by atoms with van der Waals surface area (Å²) in [6.45, 7) is 8.94. The summed E-state index contributed by atoms with van der Waals surface area (Å²) in [7, 11) is 0. The largest absolute Gasteiger partial charge is 0.371 e. The van der Waals surface area contributed by atoms with Crippen LogP contribution in [0.1, 0.15) is 123 Å². The number of aromatic amines is 4. The molecule has 15 nitrogen and oxygen atoms in total. The number of nitrogens with zero attached hydrogens (tertiary/aromatic N) is 11. The van der Waals surface area contributed by atoms with Crippen molar-refractivity contribution in [2.24, 2.45) is 17.8 Å². The molecule has 4 N–H and O–H groups in total. The van der Waals surface area contributed by atoms with Gasteiger partial charge in [-0.05, 0) is 258 Å². The number of nitrogens with one attached hydrogen (secondary N) is 4. The fourth-order valence-corrected chi connectivity index (χ4v) is 17.9. The molecule has 8 aromatic carbocycles. The van der Waals surface area contributed by atoms with Crippen LogP contribution in [0.2, 0.25) is 15.1 Å². The molecule has 8 aromatic heterocycles. The minimum absolute atomic E-state index is 0.163. The van der Waals surface area contributed by atoms with E-state index in [9.17, 15) is 22.0 Å². The second-order valence-corrected chi connectivity index (χ2v) is 31.9. The molecule has 3 aliphatic heterocycles. The molecular formula is C90H83Cl3F5N15. The monoisotopic (exact) mass is 1570 g/mol. The molecule has 20 rings (SSSR count). The Kier molecular flexibility index (Phi) is 22.1. The summed E-state index contributed by atoms with van der Waals surface area (Å²) in [5, 5.41) is 6.14. The predicted molar refractivity (Wildman–Crippen MR) is 444 cm³/mol. The molecule has 0 amide bonds. The molecule has 574 valence electrons. The number of hydrogen-bond donors (Lipinski definition) is 4. The number of halogens is 8. The quantitative estimate of drug-likeness (QED) is 0.0857. The normalized spacial score (nSPS) is 17.1. The van der Waals surface area contributed by atoms with Gasteiger partial charge in [-0.25, -0.2) is 41.9 Å². The molecule has 0 radical (unpaired) electrons. The number of anilines is 2. The van der Waals surface area contributed by atoms with E-state index in [1.807, 2.05) is 91.3 Å². The van der Waals surface area contributed by atoms with Crippen molar-refractivity contribution >= 4 is 134 Å². The standard InChI is InChI=1S/C24H22F3N3.2C22H20ClFN4.C22H21ClN4/c1-13(24-29-22-11-19(26)20(27)12-23(22)30-24)14-2-4-15(5-3-14)17-8-9-28-21-7-6-16(25)10-18(17)21;23-15-1-3-20-21(11-15)27-22(26-20)13-28-9-6-14(7-10-28)17-5-8-25-19-4-2-16(24)12-18(17)19;23-15-1-3-19-20(12-15)27-22(26-19)11-14-6-9-28(10-7-14)21-5-8-25-18-4-2-16(24)13-17(18)21;23-16-5-6-19-20(14-16)26-22(25-19)13-15-8-11-27(12-9-15)21-7-10-24-18-4-2-1-3-17(18)21/h6-15H,2-5H2,1H3,(H,29,30);1-5,8,11-12,14H,6-7,9-10,13H2,(H,26,27);1-5,8,12-14H,6-7,9-11H2,(H,26,27);1-7,10,14-15H,8-9,11-13H2,(H,25,26)/t13-,14?,15?;;;/m1.../s1. The molecule has 1 saturated carbocycles. The molecule has 4 fully saturated rings. The number of pyridine rings is 4. The van der Waals surface area contributed by atoms with E-state index in [4.69, 9.17) is 44.8 Å². The third-order valence-electron chi connectivity index (χ3n) is 23.4. The van der Waals surface area contributed by atoms with Crippen LogP contribution in [-0.2, 0) is 19.4 Å². The Morgan fingerprint density at radius 2 is 0.788 bits per heavy atom. The highest BCUT2D eigenvalue weighted by Gasteiger charge is 2.31. The summed E-state index contributed by atoms with van der Waals surface area (Å²) in [4.78, 5) is 56.8. The van der Waals surface area contributed by atoms with E-state index in [0.29, 0.717) is 45.6 Å². The fourth-order valence-electron chi connectivity index (χ4n) is 17.4. The van der Waals surface area contributed by atoms with Gasteiger partial charge in [0.1, 0.15) is 40.7 Å². The Bertz CT molecular complexity index is 5870. The van der Waals surface area contributed by atoms with Gasteiger partial charge >= 0.3 is 0 Å². The number of likely N-dealkylation sites (tertiary alicyclic amines) is 1. The third kappa shape index (κ3) is 17.0. The Morgan fingerprint density at radius 3 is 1.31 bits per heavy atom. The van der Waals surface area contributed by atoms with Gasteiger partial charge in [0.05, 0.1) is 72.7 Å². The molecule has 23 heteroatoms. The lowest BCUT2D eigenvalue weighted by molar-refractivity contribution is 0.201. The average molecular weight is 1580 g/mol. The maximum absolute atomic E-state index is 13.8. The highest BCUT2D eigenvalue weighted by molar-refractivity contribution is 6.32. The number of hydrogen-bond acceptors (Lipinski definition) is 11. The zero-order valence-corrected chi connectivity index (χ0v) is 64.6. The van der Waals surface area contributed by atoms with Crippen LogP contribution in [0.4, 0.5) is 33.3 Å². The molecule has 0 unspecified atom stereocenters. The van der Waals surface area contributed by atoms with Gasteiger partial charge in [-0.3, -0.25) is 24.8 Å². The smallest absolute Gasteiger partial charge is 0.161 e. The van der Waals surface area contributed by atoms with Crippen molar-refractivity contribution in [3.05, 3.63) is 273 Å². The number of fused-ring (bicyclic) bond motifs is 8. The minimum Gasteiger partial charge on any atom is -0.371 e. The van der Waals surface area contributed by atoms with Gasteiger partial charge in [0.2, 0.25) is 0 Å². The molecule has 11 heterocycles. The van der Waals surface area contributed by atoms with E-state index in [0.717, 1.165) is 226 Å². The van der Waals surface area contributed by atoms with E-state index >= 15 is 0 Å². The maximum atomic E-state index is 13.8. The highest BCUT2D eigenvalue weighted by Crippen LogP contribution is 2.44. The van der Waals surface area contributed by atoms with Crippen LogP contribution in [0.5, 0.6) is 0 Å². The number of piperidine rings is 3. The van der Waals surface area contributed by atoms with Gasteiger partial charge in [-0.2, -0.15) is 0 Å². The number of benzene rings is 8. The first-order valence-electron chi connectivity index (χ1n) is 39.0. The summed E-state index contributed by atoms with van der Waals surface area (Å²) in [6, 6.07) is 50.6. The molecular weight excluding hydrogens is 1490 g/mol. The van der Waals surface area contributed by atoms with Crippen LogP contribution in [0.3, 0.4) is 0 Å². The van der Waals surface area contributed by atoms with Crippen molar-refractivity contribution in [1.82, 2.24) is 64.7 Å². The van der Waals surface area contributed by atoms with Gasteiger partial charge in [-0.15, -0.1) is 0 Å². The Morgan fingerprint density at radius 1 is 0.372 bits per heavy atom. The Hall–Kier alpha value is -10.6. The van der Waals surface area contributed by atoms with Gasteiger partial charge in [0.25, 0.3) is 0 Å². The van der Waals surface area contributed by atoms with Gasteiger partial charge in [-0.1, -0.05) is 59.9 Å². The van der Waals surface area contributed by atoms with Crippen LogP contribution in [0.25, 0.3) is 87.7 Å².